The molecule has 0 unspecified atom stereocenters. The van der Waals surface area contributed by atoms with Crippen molar-refractivity contribution in [1.29, 1.82) is 0 Å². The second-order valence-corrected chi connectivity index (χ2v) is 9.43. The van der Waals surface area contributed by atoms with Crippen molar-refractivity contribution in [2.75, 3.05) is 29.4 Å². The average molecular weight is 453 g/mol. The first-order valence-corrected chi connectivity index (χ1v) is 11.6. The molecule has 0 aliphatic carbocycles. The molecule has 0 aromatic heterocycles. The van der Waals surface area contributed by atoms with Crippen molar-refractivity contribution >= 4 is 27.3 Å². The van der Waals surface area contributed by atoms with Crippen LogP contribution in [0.1, 0.15) is 11.1 Å². The summed E-state index contributed by atoms with van der Waals surface area (Å²) in [4.78, 5) is 12.8. The Morgan fingerprint density at radius 1 is 0.906 bits per heavy atom. The lowest BCUT2D eigenvalue weighted by Gasteiger charge is -2.25. The van der Waals surface area contributed by atoms with Gasteiger partial charge in [0.25, 0.3) is 10.0 Å². The van der Waals surface area contributed by atoms with Gasteiger partial charge in [-0.3, -0.25) is 9.10 Å². The Morgan fingerprint density at radius 3 is 2.34 bits per heavy atom. The van der Waals surface area contributed by atoms with E-state index in [-0.39, 0.29) is 11.4 Å². The predicted octanol–water partition coefficient (Wildman–Crippen LogP) is 3.91. The van der Waals surface area contributed by atoms with Gasteiger partial charge < -0.3 is 14.8 Å². The van der Waals surface area contributed by atoms with E-state index in [0.717, 1.165) is 15.4 Å². The lowest BCUT2D eigenvalue weighted by molar-refractivity contribution is -0.114. The molecule has 7 nitrogen and oxygen atoms in total. The van der Waals surface area contributed by atoms with E-state index >= 15 is 0 Å². The summed E-state index contributed by atoms with van der Waals surface area (Å²) < 4.78 is 39.3. The zero-order chi connectivity index (χ0) is 22.7. The highest BCUT2D eigenvalue weighted by Gasteiger charge is 2.29. The fourth-order valence-corrected chi connectivity index (χ4v) is 4.83. The molecule has 0 bridgehead atoms. The van der Waals surface area contributed by atoms with E-state index in [9.17, 15) is 13.2 Å². The maximum Gasteiger partial charge on any atom is 0.264 e. The van der Waals surface area contributed by atoms with Crippen LogP contribution in [0.2, 0.25) is 0 Å². The molecule has 32 heavy (non-hydrogen) atoms. The fraction of sp³-hybridized carbons (Fsp3) is 0.208. The molecule has 166 valence electrons. The number of fused-ring (bicyclic) bond motifs is 1. The zero-order valence-electron chi connectivity index (χ0n) is 17.9. The maximum absolute atomic E-state index is 13.6. The number of sulfonamides is 1. The number of benzene rings is 3. The van der Waals surface area contributed by atoms with Crippen LogP contribution in [0, 0.1) is 13.8 Å². The Kier molecular flexibility index (Phi) is 6.05. The summed E-state index contributed by atoms with van der Waals surface area (Å²) >= 11 is 0. The molecule has 1 aliphatic heterocycles. The molecular weight excluding hydrogens is 428 g/mol. The second kappa shape index (κ2) is 8.92. The number of anilines is 2. The molecule has 3 aromatic carbocycles. The summed E-state index contributed by atoms with van der Waals surface area (Å²) in [5.41, 5.74) is 2.97. The van der Waals surface area contributed by atoms with Crippen LogP contribution in [0.15, 0.2) is 71.6 Å². The number of hydrogen-bond acceptors (Lipinski definition) is 5. The molecule has 0 radical (unpaired) electrons. The predicted molar refractivity (Wildman–Crippen MR) is 123 cm³/mol. The summed E-state index contributed by atoms with van der Waals surface area (Å²) in [6, 6.07) is 18.8. The lowest BCUT2D eigenvalue weighted by Crippen LogP contribution is -2.38. The number of carbonyl (C=O) groups excluding carboxylic acids is 1. The SMILES string of the molecule is Cc1ccc(N(CC(=O)Nc2cccc(C)c2)S(=O)(=O)c2ccc3c(c2)OCCO3)cc1. The van der Waals surface area contributed by atoms with Crippen LogP contribution in [0.4, 0.5) is 11.4 Å². The highest BCUT2D eigenvalue weighted by Crippen LogP contribution is 2.34. The molecule has 8 heteroatoms. The van der Waals surface area contributed by atoms with Crippen LogP contribution < -0.4 is 19.1 Å². The van der Waals surface area contributed by atoms with Crippen molar-refractivity contribution in [3.8, 4) is 11.5 Å². The molecule has 4 rings (SSSR count). The molecule has 1 heterocycles. The molecule has 1 N–H and O–H groups in total. The minimum atomic E-state index is -4.06. The molecule has 0 atom stereocenters. The van der Waals surface area contributed by atoms with Crippen LogP contribution in [0.25, 0.3) is 0 Å². The van der Waals surface area contributed by atoms with E-state index in [2.05, 4.69) is 5.32 Å². The van der Waals surface area contributed by atoms with E-state index in [4.69, 9.17) is 9.47 Å². The first kappa shape index (κ1) is 21.7. The van der Waals surface area contributed by atoms with Gasteiger partial charge in [0.1, 0.15) is 19.8 Å². The lowest BCUT2D eigenvalue weighted by atomic mass is 10.2. The van der Waals surface area contributed by atoms with Gasteiger partial charge in [0.05, 0.1) is 10.6 Å². The summed E-state index contributed by atoms with van der Waals surface area (Å²) in [6.07, 6.45) is 0. The fourth-order valence-electron chi connectivity index (χ4n) is 3.39. The molecular formula is C24H24N2O5S. The Bertz CT molecular complexity index is 1240. The third-order valence-electron chi connectivity index (χ3n) is 5.01. The van der Waals surface area contributed by atoms with Gasteiger partial charge in [0.15, 0.2) is 11.5 Å². The number of hydrogen-bond donors (Lipinski definition) is 1. The van der Waals surface area contributed by atoms with E-state index in [1.165, 1.54) is 12.1 Å². The Hall–Kier alpha value is -3.52. The standard InChI is InChI=1S/C24H24N2O5S/c1-17-6-8-20(9-7-17)26(16-24(27)25-19-5-3-4-18(2)14-19)32(28,29)21-10-11-22-23(15-21)31-13-12-30-22/h3-11,14-15H,12-13,16H2,1-2H3,(H,25,27). The Balaban J connectivity index is 1.67. The molecule has 1 aliphatic rings. The van der Waals surface area contributed by atoms with Crippen LogP contribution in [-0.4, -0.2) is 34.1 Å². The molecule has 0 fully saturated rings. The highest BCUT2D eigenvalue weighted by atomic mass is 32.2. The normalized spacial score (nSPS) is 12.8. The van der Waals surface area contributed by atoms with Gasteiger partial charge in [-0.1, -0.05) is 29.8 Å². The van der Waals surface area contributed by atoms with Crippen molar-refractivity contribution in [2.24, 2.45) is 0 Å². The molecule has 3 aromatic rings. The first-order chi connectivity index (χ1) is 15.3. The largest absolute Gasteiger partial charge is 0.486 e. The van der Waals surface area contributed by atoms with Crippen LogP contribution in [-0.2, 0) is 14.8 Å². The van der Waals surface area contributed by atoms with Crippen LogP contribution in [0.3, 0.4) is 0 Å². The topological polar surface area (TPSA) is 84.9 Å². The van der Waals surface area contributed by atoms with E-state index in [0.29, 0.717) is 36.1 Å². The Labute approximate surface area is 187 Å². The minimum Gasteiger partial charge on any atom is -0.486 e. The van der Waals surface area contributed by atoms with Gasteiger partial charge in [-0.2, -0.15) is 0 Å². The smallest absolute Gasteiger partial charge is 0.264 e. The van der Waals surface area contributed by atoms with Gasteiger partial charge >= 0.3 is 0 Å². The third kappa shape index (κ3) is 4.70. The third-order valence-corrected chi connectivity index (χ3v) is 6.78. The average Bonchev–Trinajstić information content (AvgIpc) is 2.78. The van der Waals surface area contributed by atoms with Gasteiger partial charge in [-0.15, -0.1) is 0 Å². The molecule has 0 spiro atoms. The van der Waals surface area contributed by atoms with Gasteiger partial charge in [-0.25, -0.2) is 8.42 Å². The minimum absolute atomic E-state index is 0.0191. The Morgan fingerprint density at radius 2 is 1.62 bits per heavy atom. The zero-order valence-corrected chi connectivity index (χ0v) is 18.7. The first-order valence-electron chi connectivity index (χ1n) is 10.2. The van der Waals surface area contributed by atoms with Crippen LogP contribution >= 0.6 is 0 Å². The van der Waals surface area contributed by atoms with Gasteiger partial charge in [0, 0.05) is 11.8 Å². The number of ether oxygens (including phenoxy) is 2. The number of aryl methyl sites for hydroxylation is 2. The summed E-state index contributed by atoms with van der Waals surface area (Å²) in [5, 5.41) is 2.78. The van der Waals surface area contributed by atoms with Crippen LogP contribution in [0.5, 0.6) is 11.5 Å². The molecule has 0 saturated carbocycles. The van der Waals surface area contributed by atoms with Crippen molar-refractivity contribution in [3.63, 3.8) is 0 Å². The van der Waals surface area contributed by atoms with Crippen molar-refractivity contribution in [1.82, 2.24) is 0 Å². The van der Waals surface area contributed by atoms with E-state index < -0.39 is 15.9 Å². The quantitative estimate of drug-likeness (QED) is 0.613. The summed E-state index contributed by atoms with van der Waals surface area (Å²) in [6.45, 7) is 4.20. The number of nitrogens with zero attached hydrogens (tertiary/aromatic N) is 1. The number of rotatable bonds is 6. The molecule has 0 saturated heterocycles. The van der Waals surface area contributed by atoms with Crippen molar-refractivity contribution in [3.05, 3.63) is 77.9 Å². The van der Waals surface area contributed by atoms with Gasteiger partial charge in [-0.05, 0) is 55.8 Å². The van der Waals surface area contributed by atoms with E-state index in [1.807, 2.05) is 32.0 Å². The molecule has 1 amide bonds. The highest BCUT2D eigenvalue weighted by molar-refractivity contribution is 7.92. The number of nitrogens with one attached hydrogen (secondary N) is 1. The second-order valence-electron chi connectivity index (χ2n) is 7.57. The van der Waals surface area contributed by atoms with Gasteiger partial charge in [0.2, 0.25) is 5.91 Å². The summed E-state index contributed by atoms with van der Waals surface area (Å²) in [5.74, 6) is 0.414. The monoisotopic (exact) mass is 452 g/mol. The summed E-state index contributed by atoms with van der Waals surface area (Å²) in [7, 11) is -4.06. The maximum atomic E-state index is 13.6. The van der Waals surface area contributed by atoms with Crippen molar-refractivity contribution in [2.45, 2.75) is 18.7 Å². The van der Waals surface area contributed by atoms with E-state index in [1.54, 1.807) is 36.4 Å². The van der Waals surface area contributed by atoms with Crippen molar-refractivity contribution < 1.29 is 22.7 Å². The number of amides is 1. The number of carbonyl (C=O) groups is 1.